The van der Waals surface area contributed by atoms with Crippen molar-refractivity contribution in [3.8, 4) is 0 Å². The van der Waals surface area contributed by atoms with Crippen LogP contribution in [0.25, 0.3) is 0 Å². The number of carboxylic acids is 3. The Kier molecular flexibility index (Phi) is 12.6. The van der Waals surface area contributed by atoms with E-state index in [-0.39, 0.29) is 34.8 Å². The summed E-state index contributed by atoms with van der Waals surface area (Å²) in [6.45, 7) is 8.17. The molecule has 3 heterocycles. The molecule has 1 radical (unpaired) electrons. The molecule has 28 heavy (non-hydrogen) atoms. The summed E-state index contributed by atoms with van der Waals surface area (Å²) in [5, 5.41) is 39.2. The van der Waals surface area contributed by atoms with E-state index in [0.29, 0.717) is 0 Å². The summed E-state index contributed by atoms with van der Waals surface area (Å²) >= 11 is 0. The molecule has 0 aliphatic carbocycles. The number of aliphatic carboxylic acids is 3. The summed E-state index contributed by atoms with van der Waals surface area (Å²) in [5.41, 5.74) is 0. The van der Waals surface area contributed by atoms with Crippen molar-refractivity contribution in [3.63, 3.8) is 0 Å². The molecule has 161 valence electrons. The molecule has 0 aromatic carbocycles. The number of carbonyl (C=O) groups excluding carboxylic acids is 3. The SMILES string of the molecule is C[C@H]1CCN[C@@H]1C(=O)[O-].C[C@H]1CCN[C@@H]1C(=O)[O-].C[C@H]1CCN[C@@H]1C(=O)[O-].[Fe+3]. The first-order valence-corrected chi connectivity index (χ1v) is 9.47. The second-order valence-electron chi connectivity index (χ2n) is 7.55. The van der Waals surface area contributed by atoms with Gasteiger partial charge in [-0.2, -0.15) is 0 Å². The summed E-state index contributed by atoms with van der Waals surface area (Å²) in [6, 6.07) is -1.24. The van der Waals surface area contributed by atoms with E-state index in [9.17, 15) is 29.7 Å². The Labute approximate surface area is 176 Å². The van der Waals surface area contributed by atoms with Gasteiger partial charge in [0.1, 0.15) is 0 Å². The van der Waals surface area contributed by atoms with Crippen molar-refractivity contribution in [2.75, 3.05) is 19.6 Å². The van der Waals surface area contributed by atoms with Crippen LogP contribution < -0.4 is 31.3 Å². The van der Waals surface area contributed by atoms with Crippen molar-refractivity contribution in [1.82, 2.24) is 16.0 Å². The molecule has 0 spiro atoms. The van der Waals surface area contributed by atoms with Crippen molar-refractivity contribution in [3.05, 3.63) is 0 Å². The van der Waals surface area contributed by atoms with E-state index in [1.165, 1.54) is 0 Å². The Bertz CT molecular complexity index is 450. The number of nitrogens with one attached hydrogen (secondary N) is 3. The van der Waals surface area contributed by atoms with E-state index in [1.807, 2.05) is 20.8 Å². The van der Waals surface area contributed by atoms with Crippen molar-refractivity contribution in [2.24, 2.45) is 17.8 Å². The summed E-state index contributed by atoms with van der Waals surface area (Å²) in [6.07, 6.45) is 2.83. The second kappa shape index (κ2) is 13.1. The zero-order valence-corrected chi connectivity index (χ0v) is 17.6. The second-order valence-corrected chi connectivity index (χ2v) is 7.55. The number of hydrogen-bond acceptors (Lipinski definition) is 9. The molecule has 10 heteroatoms. The fraction of sp³-hybridized carbons (Fsp3) is 0.833. The molecular weight excluding hydrogens is 410 g/mol. The third-order valence-electron chi connectivity index (χ3n) is 5.36. The van der Waals surface area contributed by atoms with Gasteiger partial charge in [0.2, 0.25) is 0 Å². The molecule has 6 atom stereocenters. The number of hydrogen-bond donors (Lipinski definition) is 3. The van der Waals surface area contributed by atoms with Crippen LogP contribution in [0.2, 0.25) is 0 Å². The van der Waals surface area contributed by atoms with Crippen LogP contribution in [0.15, 0.2) is 0 Å². The molecule has 3 aliphatic heterocycles. The summed E-state index contributed by atoms with van der Waals surface area (Å²) < 4.78 is 0. The van der Waals surface area contributed by atoms with Gasteiger partial charge in [-0.15, -0.1) is 0 Å². The van der Waals surface area contributed by atoms with Crippen molar-refractivity contribution in [2.45, 2.75) is 58.2 Å². The molecule has 0 saturated carbocycles. The van der Waals surface area contributed by atoms with E-state index >= 15 is 0 Å². The van der Waals surface area contributed by atoms with Gasteiger partial charge in [0.25, 0.3) is 0 Å². The van der Waals surface area contributed by atoms with Crippen LogP contribution in [0.3, 0.4) is 0 Å². The number of carbonyl (C=O) groups is 3. The van der Waals surface area contributed by atoms with Crippen LogP contribution in [0.4, 0.5) is 0 Å². The predicted molar refractivity (Wildman–Crippen MR) is 91.7 cm³/mol. The van der Waals surface area contributed by atoms with Gasteiger partial charge in [0.15, 0.2) is 0 Å². The molecule has 0 aromatic rings. The molecule has 0 unspecified atom stereocenters. The van der Waals surface area contributed by atoms with Gasteiger partial charge in [-0.3, -0.25) is 0 Å². The minimum Gasteiger partial charge on any atom is -0.548 e. The quantitative estimate of drug-likeness (QED) is 0.375. The topological polar surface area (TPSA) is 156 Å². The van der Waals surface area contributed by atoms with Gasteiger partial charge in [-0.1, -0.05) is 20.8 Å². The van der Waals surface area contributed by atoms with E-state index in [4.69, 9.17) is 0 Å². The molecule has 3 N–H and O–H groups in total. The van der Waals surface area contributed by atoms with Gasteiger partial charge < -0.3 is 45.7 Å². The smallest absolute Gasteiger partial charge is 0.548 e. The average molecular weight is 440 g/mol. The van der Waals surface area contributed by atoms with Gasteiger partial charge >= 0.3 is 17.1 Å². The first-order chi connectivity index (χ1) is 12.6. The molecule has 0 amide bonds. The summed E-state index contributed by atoms with van der Waals surface area (Å²) in [5.74, 6) is -2.22. The van der Waals surface area contributed by atoms with Crippen LogP contribution in [0, 0.1) is 17.8 Å². The Morgan fingerprint density at radius 2 is 0.821 bits per heavy atom. The summed E-state index contributed by atoms with van der Waals surface area (Å²) in [4.78, 5) is 30.7. The molecule has 0 aromatic heterocycles. The monoisotopic (exact) mass is 440 g/mol. The third-order valence-corrected chi connectivity index (χ3v) is 5.36. The zero-order valence-electron chi connectivity index (χ0n) is 16.5. The van der Waals surface area contributed by atoms with Crippen LogP contribution >= 0.6 is 0 Å². The van der Waals surface area contributed by atoms with E-state index in [1.54, 1.807) is 0 Å². The molecule has 3 fully saturated rings. The largest absolute Gasteiger partial charge is 3.00 e. The molecule has 3 rings (SSSR count). The number of carboxylic acid groups (broad SMARTS) is 3. The van der Waals surface area contributed by atoms with E-state index < -0.39 is 36.0 Å². The van der Waals surface area contributed by atoms with E-state index in [0.717, 1.165) is 38.9 Å². The van der Waals surface area contributed by atoms with Crippen molar-refractivity contribution < 1.29 is 46.8 Å². The van der Waals surface area contributed by atoms with Gasteiger partial charge in [-0.05, 0) is 56.7 Å². The normalized spacial score (nSPS) is 33.5. The first kappa shape index (κ1) is 26.8. The van der Waals surface area contributed by atoms with Crippen LogP contribution in [0.1, 0.15) is 40.0 Å². The molecule has 3 saturated heterocycles. The maximum absolute atomic E-state index is 10.2. The molecule has 9 nitrogen and oxygen atoms in total. The van der Waals surface area contributed by atoms with Gasteiger partial charge in [0, 0.05) is 18.1 Å². The molecule has 3 aliphatic rings. The number of rotatable bonds is 3. The minimum absolute atomic E-state index is 0. The van der Waals surface area contributed by atoms with Crippen LogP contribution in [-0.4, -0.2) is 55.7 Å². The zero-order chi connectivity index (χ0) is 20.6. The molecular formula is C18H30FeN3O6. The third kappa shape index (κ3) is 8.44. The van der Waals surface area contributed by atoms with Crippen molar-refractivity contribution in [1.29, 1.82) is 0 Å². The summed E-state index contributed by atoms with van der Waals surface area (Å²) in [7, 11) is 0. The Hall–Kier alpha value is -1.19. The average Bonchev–Trinajstić information content (AvgIpc) is 3.29. The Morgan fingerprint density at radius 3 is 0.893 bits per heavy atom. The van der Waals surface area contributed by atoms with Crippen molar-refractivity contribution >= 4 is 17.9 Å². The van der Waals surface area contributed by atoms with Gasteiger partial charge in [-0.25, -0.2) is 0 Å². The predicted octanol–water partition coefficient (Wildman–Crippen LogP) is -3.80. The van der Waals surface area contributed by atoms with E-state index in [2.05, 4.69) is 16.0 Å². The Morgan fingerprint density at radius 1 is 0.607 bits per heavy atom. The minimum atomic E-state index is -0.972. The fourth-order valence-electron chi connectivity index (χ4n) is 3.45. The van der Waals surface area contributed by atoms with Crippen LogP contribution in [0.5, 0.6) is 0 Å². The maximum atomic E-state index is 10.2. The molecule has 0 bridgehead atoms. The fourth-order valence-corrected chi connectivity index (χ4v) is 3.45. The van der Waals surface area contributed by atoms with Crippen LogP contribution in [-0.2, 0) is 31.5 Å². The standard InChI is InChI=1S/3C6H11NO2.Fe/c3*1-4-2-3-7-5(4)6(8)9;/h3*4-5,7H,2-3H2,1H3,(H,8,9);/q;;;+3/p-3/t3*4-,5-;/m000./s1. The maximum Gasteiger partial charge on any atom is 3.00 e. The van der Waals surface area contributed by atoms with Gasteiger partial charge in [0.05, 0.1) is 17.9 Å². The Balaban J connectivity index is 0.000000384. The first-order valence-electron chi connectivity index (χ1n) is 9.47.